The van der Waals surface area contributed by atoms with Crippen molar-refractivity contribution in [3.05, 3.63) is 63.3 Å². The van der Waals surface area contributed by atoms with E-state index in [2.05, 4.69) is 31.2 Å². The number of aromatic hydroxyl groups is 1. The number of H-pyrrole nitrogens is 1. The van der Waals surface area contributed by atoms with Gasteiger partial charge in [-0.2, -0.15) is 14.9 Å². The van der Waals surface area contributed by atoms with Gasteiger partial charge in [0.1, 0.15) is 5.75 Å². The molecule has 3 aromatic rings. The Morgan fingerprint density at radius 2 is 1.82 bits per heavy atom. The first kappa shape index (κ1) is 14.7. The highest BCUT2D eigenvalue weighted by molar-refractivity contribution is 9.10. The van der Waals surface area contributed by atoms with Gasteiger partial charge < -0.3 is 5.11 Å². The van der Waals surface area contributed by atoms with Crippen LogP contribution in [0.4, 0.5) is 0 Å². The molecule has 0 atom stereocenters. The molecular formula is C15H11BrN4OS. The molecule has 0 aliphatic carbocycles. The van der Waals surface area contributed by atoms with E-state index in [4.69, 9.17) is 12.2 Å². The maximum Gasteiger partial charge on any atom is 0.216 e. The molecule has 7 heteroatoms. The van der Waals surface area contributed by atoms with E-state index in [1.54, 1.807) is 35.2 Å². The molecule has 2 N–H and O–H groups in total. The van der Waals surface area contributed by atoms with E-state index in [0.717, 1.165) is 15.6 Å². The first-order valence-electron chi connectivity index (χ1n) is 6.40. The van der Waals surface area contributed by atoms with Gasteiger partial charge in [-0.15, -0.1) is 0 Å². The van der Waals surface area contributed by atoms with Crippen molar-refractivity contribution in [1.82, 2.24) is 14.9 Å². The van der Waals surface area contributed by atoms with Crippen molar-refractivity contribution in [1.29, 1.82) is 0 Å². The summed E-state index contributed by atoms with van der Waals surface area (Å²) in [7, 11) is 0. The van der Waals surface area contributed by atoms with Gasteiger partial charge in [0.2, 0.25) is 4.77 Å². The van der Waals surface area contributed by atoms with Crippen LogP contribution in [0.15, 0.2) is 58.1 Å². The number of hydrogen-bond donors (Lipinski definition) is 2. The molecule has 0 spiro atoms. The minimum atomic E-state index is 0.215. The lowest BCUT2D eigenvalue weighted by atomic mass is 10.2. The van der Waals surface area contributed by atoms with Gasteiger partial charge in [-0.3, -0.25) is 0 Å². The molecule has 110 valence electrons. The Morgan fingerprint density at radius 1 is 1.14 bits per heavy atom. The number of phenols is 1. The molecule has 0 radical (unpaired) electrons. The molecule has 0 amide bonds. The number of nitrogens with zero attached hydrogens (tertiary/aromatic N) is 3. The lowest BCUT2D eigenvalue weighted by molar-refractivity contribution is 0.475. The highest BCUT2D eigenvalue weighted by atomic mass is 79.9. The molecule has 0 bridgehead atoms. The summed E-state index contributed by atoms with van der Waals surface area (Å²) in [6.07, 6.45) is 1.66. The number of rotatable bonds is 3. The topological polar surface area (TPSA) is 66.2 Å². The second kappa shape index (κ2) is 6.25. The molecule has 0 fully saturated rings. The van der Waals surface area contributed by atoms with Crippen molar-refractivity contribution in [2.45, 2.75) is 0 Å². The number of benzene rings is 2. The van der Waals surface area contributed by atoms with E-state index in [-0.39, 0.29) is 5.75 Å². The Kier molecular flexibility index (Phi) is 4.17. The van der Waals surface area contributed by atoms with Gasteiger partial charge in [0.05, 0.1) is 6.21 Å². The van der Waals surface area contributed by atoms with Crippen molar-refractivity contribution >= 4 is 34.4 Å². The fourth-order valence-electron chi connectivity index (χ4n) is 1.87. The third-order valence-corrected chi connectivity index (χ3v) is 3.76. The number of aromatic amines is 1. The zero-order valence-electron chi connectivity index (χ0n) is 11.3. The SMILES string of the molecule is Oc1ccc(C=Nn2c(-c3ccc(Br)cc3)n[nH]c2=S)cc1. The van der Waals surface area contributed by atoms with Gasteiger partial charge in [0, 0.05) is 10.0 Å². The Morgan fingerprint density at radius 3 is 2.50 bits per heavy atom. The first-order chi connectivity index (χ1) is 10.6. The van der Waals surface area contributed by atoms with E-state index >= 15 is 0 Å². The minimum Gasteiger partial charge on any atom is -0.508 e. The monoisotopic (exact) mass is 374 g/mol. The van der Waals surface area contributed by atoms with Crippen LogP contribution < -0.4 is 0 Å². The van der Waals surface area contributed by atoms with Crippen molar-refractivity contribution in [3.63, 3.8) is 0 Å². The van der Waals surface area contributed by atoms with Gasteiger partial charge in [-0.05, 0) is 54.2 Å². The van der Waals surface area contributed by atoms with Crippen molar-refractivity contribution in [2.75, 3.05) is 0 Å². The molecule has 22 heavy (non-hydrogen) atoms. The number of nitrogens with one attached hydrogen (secondary N) is 1. The summed E-state index contributed by atoms with van der Waals surface area (Å²) in [6.45, 7) is 0. The van der Waals surface area contributed by atoms with E-state index in [1.165, 1.54) is 0 Å². The number of hydrogen-bond acceptors (Lipinski definition) is 4. The van der Waals surface area contributed by atoms with Crippen LogP contribution in [0.2, 0.25) is 0 Å². The summed E-state index contributed by atoms with van der Waals surface area (Å²) in [6, 6.07) is 14.5. The van der Waals surface area contributed by atoms with E-state index in [9.17, 15) is 5.11 Å². The smallest absolute Gasteiger partial charge is 0.216 e. The van der Waals surface area contributed by atoms with Crippen LogP contribution in [-0.4, -0.2) is 26.2 Å². The van der Waals surface area contributed by atoms with Gasteiger partial charge in [-0.1, -0.05) is 28.1 Å². The number of aromatic nitrogens is 3. The molecule has 5 nitrogen and oxygen atoms in total. The molecule has 0 aliphatic rings. The normalized spacial score (nSPS) is 11.1. The Hall–Kier alpha value is -2.25. The predicted molar refractivity (Wildman–Crippen MR) is 91.6 cm³/mol. The quantitative estimate of drug-likeness (QED) is 0.538. The Labute approximate surface area is 140 Å². The fraction of sp³-hybridized carbons (Fsp3) is 0. The molecule has 2 aromatic carbocycles. The highest BCUT2D eigenvalue weighted by Crippen LogP contribution is 2.20. The lowest BCUT2D eigenvalue weighted by Crippen LogP contribution is -1.94. The molecule has 0 saturated heterocycles. The van der Waals surface area contributed by atoms with Crippen molar-refractivity contribution < 1.29 is 5.11 Å². The van der Waals surface area contributed by atoms with Crippen LogP contribution in [0.25, 0.3) is 11.4 Å². The fourth-order valence-corrected chi connectivity index (χ4v) is 2.31. The van der Waals surface area contributed by atoms with Crippen LogP contribution in [-0.2, 0) is 0 Å². The van der Waals surface area contributed by atoms with Crippen LogP contribution in [0.1, 0.15) is 5.56 Å². The number of phenolic OH excluding ortho intramolecular Hbond substituents is 1. The first-order valence-corrected chi connectivity index (χ1v) is 7.60. The number of halogens is 1. The van der Waals surface area contributed by atoms with Gasteiger partial charge >= 0.3 is 0 Å². The van der Waals surface area contributed by atoms with E-state index in [0.29, 0.717) is 10.6 Å². The predicted octanol–water partition coefficient (Wildman–Crippen LogP) is 3.96. The van der Waals surface area contributed by atoms with Gasteiger partial charge in [0.15, 0.2) is 5.82 Å². The molecule has 1 aromatic heterocycles. The summed E-state index contributed by atoms with van der Waals surface area (Å²) in [5.74, 6) is 0.847. The summed E-state index contributed by atoms with van der Waals surface area (Å²) in [4.78, 5) is 0. The second-order valence-corrected chi connectivity index (χ2v) is 5.81. The van der Waals surface area contributed by atoms with Gasteiger partial charge in [-0.25, -0.2) is 5.10 Å². The third-order valence-electron chi connectivity index (χ3n) is 2.97. The van der Waals surface area contributed by atoms with E-state index in [1.807, 2.05) is 24.3 Å². The maximum absolute atomic E-state index is 9.28. The van der Waals surface area contributed by atoms with Crippen molar-refractivity contribution in [3.8, 4) is 17.1 Å². The van der Waals surface area contributed by atoms with Crippen LogP contribution >= 0.6 is 28.1 Å². The average Bonchev–Trinajstić information content (AvgIpc) is 2.89. The summed E-state index contributed by atoms with van der Waals surface area (Å²) in [5, 5.41) is 20.6. The summed E-state index contributed by atoms with van der Waals surface area (Å²) in [5.41, 5.74) is 1.75. The molecule has 0 unspecified atom stereocenters. The molecule has 3 rings (SSSR count). The molecular weight excluding hydrogens is 364 g/mol. The molecule has 0 saturated carbocycles. The average molecular weight is 375 g/mol. The maximum atomic E-state index is 9.28. The van der Waals surface area contributed by atoms with Crippen LogP contribution in [0.3, 0.4) is 0 Å². The van der Waals surface area contributed by atoms with Gasteiger partial charge in [0.25, 0.3) is 0 Å². The largest absolute Gasteiger partial charge is 0.508 e. The molecule has 1 heterocycles. The van der Waals surface area contributed by atoms with Crippen molar-refractivity contribution in [2.24, 2.45) is 5.10 Å². The highest BCUT2D eigenvalue weighted by Gasteiger charge is 2.07. The third kappa shape index (κ3) is 3.15. The van der Waals surface area contributed by atoms with Crippen LogP contribution in [0, 0.1) is 4.77 Å². The summed E-state index contributed by atoms with van der Waals surface area (Å²) < 4.78 is 2.96. The second-order valence-electron chi connectivity index (χ2n) is 4.51. The zero-order chi connectivity index (χ0) is 15.5. The molecule has 0 aliphatic heterocycles. The standard InChI is InChI=1S/C15H11BrN4OS/c16-12-5-3-11(4-6-12)14-18-19-15(22)20(14)17-9-10-1-7-13(21)8-2-10/h1-9,21H,(H,19,22). The zero-order valence-corrected chi connectivity index (χ0v) is 13.7. The Balaban J connectivity index is 1.97. The van der Waals surface area contributed by atoms with E-state index < -0.39 is 0 Å². The summed E-state index contributed by atoms with van der Waals surface area (Å²) >= 11 is 8.62. The lowest BCUT2D eigenvalue weighted by Gasteiger charge is -2.01. The Bertz CT molecular complexity index is 866. The van der Waals surface area contributed by atoms with Crippen LogP contribution in [0.5, 0.6) is 5.75 Å². The minimum absolute atomic E-state index is 0.215.